The van der Waals surface area contributed by atoms with Crippen LogP contribution in [0.5, 0.6) is 11.5 Å². The highest BCUT2D eigenvalue weighted by atomic mass is 35.5. The van der Waals surface area contributed by atoms with Crippen molar-refractivity contribution in [1.82, 2.24) is 10.2 Å². The van der Waals surface area contributed by atoms with Gasteiger partial charge in [0, 0.05) is 30.5 Å². The van der Waals surface area contributed by atoms with Crippen molar-refractivity contribution in [3.63, 3.8) is 0 Å². The Hall–Kier alpha value is -3.51. The van der Waals surface area contributed by atoms with Gasteiger partial charge in [0.05, 0.1) is 0 Å². The number of benzene rings is 3. The molecule has 0 unspecified atom stereocenters. The van der Waals surface area contributed by atoms with Crippen molar-refractivity contribution in [2.45, 2.75) is 63.6 Å². The van der Waals surface area contributed by atoms with E-state index in [4.69, 9.17) is 21.1 Å². The molecule has 2 amide bonds. The Bertz CT molecular complexity index is 1260. The SMILES string of the molecule is O=C(NC1CCCC1)[C@H](Cc1ccccc1)N(Cc1cccc(Cl)c1)C(=O)CCc1ccc2c(c1)OCO2. The maximum Gasteiger partial charge on any atom is 0.243 e. The molecule has 5 rings (SSSR count). The predicted molar refractivity (Wildman–Crippen MR) is 147 cm³/mol. The number of nitrogens with one attached hydrogen (secondary N) is 1. The summed E-state index contributed by atoms with van der Waals surface area (Å²) in [4.78, 5) is 29.3. The smallest absolute Gasteiger partial charge is 0.243 e. The molecule has 1 aliphatic heterocycles. The van der Waals surface area contributed by atoms with Crippen molar-refractivity contribution < 1.29 is 19.1 Å². The van der Waals surface area contributed by atoms with Crippen LogP contribution in [0.15, 0.2) is 72.8 Å². The lowest BCUT2D eigenvalue weighted by Gasteiger charge is -2.32. The molecule has 0 bridgehead atoms. The van der Waals surface area contributed by atoms with Gasteiger partial charge in [-0.05, 0) is 60.2 Å². The quantitative estimate of drug-likeness (QED) is 0.364. The molecule has 1 fully saturated rings. The van der Waals surface area contributed by atoms with Gasteiger partial charge in [0.25, 0.3) is 0 Å². The van der Waals surface area contributed by atoms with Crippen LogP contribution in [0.3, 0.4) is 0 Å². The minimum atomic E-state index is -0.638. The van der Waals surface area contributed by atoms with Gasteiger partial charge in [-0.1, -0.05) is 73.0 Å². The Morgan fingerprint density at radius 3 is 2.45 bits per heavy atom. The monoisotopic (exact) mass is 532 g/mol. The molecule has 0 aromatic heterocycles. The van der Waals surface area contributed by atoms with Crippen LogP contribution < -0.4 is 14.8 Å². The van der Waals surface area contributed by atoms with Gasteiger partial charge in [0.2, 0.25) is 18.6 Å². The number of halogens is 1. The number of rotatable bonds is 10. The van der Waals surface area contributed by atoms with E-state index in [1.165, 1.54) is 0 Å². The third kappa shape index (κ3) is 6.67. The lowest BCUT2D eigenvalue weighted by atomic mass is 10.0. The summed E-state index contributed by atoms with van der Waals surface area (Å²) < 4.78 is 10.9. The first-order chi connectivity index (χ1) is 18.5. The topological polar surface area (TPSA) is 67.9 Å². The zero-order valence-electron chi connectivity index (χ0n) is 21.4. The first-order valence-electron chi connectivity index (χ1n) is 13.3. The lowest BCUT2D eigenvalue weighted by Crippen LogP contribution is -2.52. The highest BCUT2D eigenvalue weighted by Gasteiger charge is 2.32. The van der Waals surface area contributed by atoms with Gasteiger partial charge in [0.1, 0.15) is 6.04 Å². The largest absolute Gasteiger partial charge is 0.454 e. The summed E-state index contributed by atoms with van der Waals surface area (Å²) in [6.45, 7) is 0.512. The van der Waals surface area contributed by atoms with E-state index in [2.05, 4.69) is 5.32 Å². The Balaban J connectivity index is 1.40. The maximum absolute atomic E-state index is 13.9. The predicted octanol–water partition coefficient (Wildman–Crippen LogP) is 5.70. The fourth-order valence-corrected chi connectivity index (χ4v) is 5.46. The van der Waals surface area contributed by atoms with Gasteiger partial charge < -0.3 is 19.7 Å². The van der Waals surface area contributed by atoms with Crippen molar-refractivity contribution in [1.29, 1.82) is 0 Å². The number of nitrogens with zero attached hydrogens (tertiary/aromatic N) is 1. The summed E-state index contributed by atoms with van der Waals surface area (Å²) >= 11 is 6.28. The van der Waals surface area contributed by atoms with E-state index in [9.17, 15) is 9.59 Å². The van der Waals surface area contributed by atoms with E-state index in [0.717, 1.165) is 42.4 Å². The number of ether oxygens (including phenoxy) is 2. The van der Waals surface area contributed by atoms with E-state index in [0.29, 0.717) is 35.9 Å². The number of carbonyl (C=O) groups excluding carboxylic acids is 2. The molecular weight excluding hydrogens is 500 g/mol. The number of aryl methyl sites for hydroxylation is 1. The maximum atomic E-state index is 13.9. The number of amides is 2. The van der Waals surface area contributed by atoms with Gasteiger partial charge in [-0.15, -0.1) is 0 Å². The molecular formula is C31H33ClN2O4. The van der Waals surface area contributed by atoms with Gasteiger partial charge in [-0.3, -0.25) is 9.59 Å². The van der Waals surface area contributed by atoms with Crippen LogP contribution in [0.1, 0.15) is 48.8 Å². The normalized spacial score (nSPS) is 15.3. The van der Waals surface area contributed by atoms with Crippen LogP contribution in [-0.4, -0.2) is 35.6 Å². The summed E-state index contributed by atoms with van der Waals surface area (Å²) in [6.07, 6.45) is 5.44. The Kier molecular flexibility index (Phi) is 8.49. The van der Waals surface area contributed by atoms with Gasteiger partial charge in [0.15, 0.2) is 11.5 Å². The van der Waals surface area contributed by atoms with E-state index in [-0.39, 0.29) is 31.1 Å². The molecule has 1 atom stereocenters. The van der Waals surface area contributed by atoms with Gasteiger partial charge >= 0.3 is 0 Å². The second-order valence-corrected chi connectivity index (χ2v) is 10.5. The van der Waals surface area contributed by atoms with Crippen molar-refractivity contribution in [2.75, 3.05) is 6.79 Å². The van der Waals surface area contributed by atoms with E-state index in [1.54, 1.807) is 4.90 Å². The van der Waals surface area contributed by atoms with Gasteiger partial charge in [-0.25, -0.2) is 0 Å². The number of hydrogen-bond acceptors (Lipinski definition) is 4. The summed E-state index contributed by atoms with van der Waals surface area (Å²) in [6, 6.07) is 22.6. The minimum absolute atomic E-state index is 0.0786. The van der Waals surface area contributed by atoms with Crippen molar-refractivity contribution in [3.8, 4) is 11.5 Å². The molecule has 198 valence electrons. The molecule has 7 heteroatoms. The highest BCUT2D eigenvalue weighted by Crippen LogP contribution is 2.33. The van der Waals surface area contributed by atoms with Crippen LogP contribution in [0.25, 0.3) is 0 Å². The highest BCUT2D eigenvalue weighted by molar-refractivity contribution is 6.30. The second kappa shape index (κ2) is 12.4. The van der Waals surface area contributed by atoms with Crippen LogP contribution in [0.4, 0.5) is 0 Å². The van der Waals surface area contributed by atoms with Crippen LogP contribution in [0, 0.1) is 0 Å². The van der Waals surface area contributed by atoms with Crippen molar-refractivity contribution >= 4 is 23.4 Å². The first kappa shape index (κ1) is 26.1. The molecule has 1 heterocycles. The number of hydrogen-bond donors (Lipinski definition) is 1. The Labute approximate surface area is 228 Å². The van der Waals surface area contributed by atoms with Crippen LogP contribution in [-0.2, 0) is 29.0 Å². The van der Waals surface area contributed by atoms with Crippen LogP contribution >= 0.6 is 11.6 Å². The second-order valence-electron chi connectivity index (χ2n) is 10.0. The molecule has 0 saturated heterocycles. The minimum Gasteiger partial charge on any atom is -0.454 e. The molecule has 0 radical (unpaired) electrons. The zero-order valence-corrected chi connectivity index (χ0v) is 22.2. The Morgan fingerprint density at radius 2 is 1.66 bits per heavy atom. The first-order valence-corrected chi connectivity index (χ1v) is 13.7. The zero-order chi connectivity index (χ0) is 26.3. The molecule has 3 aromatic rings. The summed E-state index contributed by atoms with van der Waals surface area (Å²) in [5.41, 5.74) is 2.89. The summed E-state index contributed by atoms with van der Waals surface area (Å²) in [7, 11) is 0. The van der Waals surface area contributed by atoms with Gasteiger partial charge in [-0.2, -0.15) is 0 Å². The fraction of sp³-hybridized carbons (Fsp3) is 0.355. The molecule has 38 heavy (non-hydrogen) atoms. The lowest BCUT2D eigenvalue weighted by molar-refractivity contribution is -0.141. The third-order valence-electron chi connectivity index (χ3n) is 7.28. The molecule has 2 aliphatic rings. The van der Waals surface area contributed by atoms with Crippen LogP contribution in [0.2, 0.25) is 5.02 Å². The third-order valence-corrected chi connectivity index (χ3v) is 7.51. The average Bonchev–Trinajstić information content (AvgIpc) is 3.61. The molecule has 1 aliphatic carbocycles. The summed E-state index contributed by atoms with van der Waals surface area (Å²) in [5.74, 6) is 1.24. The molecule has 3 aromatic carbocycles. The van der Waals surface area contributed by atoms with E-state index >= 15 is 0 Å². The van der Waals surface area contributed by atoms with E-state index in [1.807, 2.05) is 72.8 Å². The van der Waals surface area contributed by atoms with E-state index < -0.39 is 6.04 Å². The molecule has 0 spiro atoms. The molecule has 1 saturated carbocycles. The molecule has 6 nitrogen and oxygen atoms in total. The average molecular weight is 533 g/mol. The Morgan fingerprint density at radius 1 is 0.895 bits per heavy atom. The van der Waals surface area contributed by atoms with Crippen molar-refractivity contribution in [3.05, 3.63) is 94.5 Å². The fourth-order valence-electron chi connectivity index (χ4n) is 5.24. The molecule has 1 N–H and O–H groups in total. The summed E-state index contributed by atoms with van der Waals surface area (Å²) in [5, 5.41) is 3.85. The standard InChI is InChI=1S/C31H33ClN2O4/c32-25-10-6-9-24(17-25)20-34(30(35)16-14-23-13-15-28-29(19-23)38-21-37-28)27(18-22-7-2-1-3-8-22)31(36)33-26-11-4-5-12-26/h1-3,6-10,13,15,17,19,26-27H,4-5,11-12,14,16,18,20-21H2,(H,33,36)/t27-/m0/s1. The number of fused-ring (bicyclic) bond motifs is 1. The van der Waals surface area contributed by atoms with Crippen molar-refractivity contribution in [2.24, 2.45) is 0 Å². The number of carbonyl (C=O) groups is 2.